The fraction of sp³-hybridized carbons (Fsp3) is 0.409. The van der Waals surface area contributed by atoms with Crippen molar-refractivity contribution < 1.29 is 4.79 Å². The summed E-state index contributed by atoms with van der Waals surface area (Å²) in [6.45, 7) is 7.22. The van der Waals surface area contributed by atoms with Crippen LogP contribution in [0.15, 0.2) is 35.5 Å². The second kappa shape index (κ2) is 8.06. The number of nitrogens with one attached hydrogen (secondary N) is 2. The zero-order valence-electron chi connectivity index (χ0n) is 17.3. The van der Waals surface area contributed by atoms with Crippen LogP contribution in [0.5, 0.6) is 0 Å². The molecule has 7 heteroatoms. The number of aryl methyl sites for hydroxylation is 1. The SMILES string of the molecule is CSc1cc(NCC(C)C)c2ncc(-c3ccc(C(=O)NC4CC4)c(C)c3)n2n1. The van der Waals surface area contributed by atoms with E-state index in [0.717, 1.165) is 58.1 Å². The Morgan fingerprint density at radius 2 is 2.10 bits per heavy atom. The van der Waals surface area contributed by atoms with Gasteiger partial charge in [0.05, 0.1) is 17.6 Å². The summed E-state index contributed by atoms with van der Waals surface area (Å²) in [4.78, 5) is 17.1. The van der Waals surface area contributed by atoms with Gasteiger partial charge in [-0.3, -0.25) is 4.79 Å². The lowest BCUT2D eigenvalue weighted by atomic mass is 10.0. The molecule has 3 aromatic rings. The van der Waals surface area contributed by atoms with Crippen LogP contribution < -0.4 is 10.6 Å². The second-order valence-electron chi connectivity index (χ2n) is 8.03. The number of hydrogen-bond acceptors (Lipinski definition) is 5. The monoisotopic (exact) mass is 409 g/mol. The number of aromatic nitrogens is 3. The Hall–Kier alpha value is -2.54. The molecule has 0 atom stereocenters. The second-order valence-corrected chi connectivity index (χ2v) is 8.86. The Morgan fingerprint density at radius 1 is 1.31 bits per heavy atom. The van der Waals surface area contributed by atoms with Gasteiger partial charge in [0.25, 0.3) is 5.91 Å². The standard InChI is InChI=1S/C22H27N5OS/c1-13(2)11-23-18-10-20(29-4)26-27-19(12-24-21(18)27)15-5-8-17(14(3)9-15)22(28)25-16-6-7-16/h5,8-10,12-13,16,23H,6-7,11H2,1-4H3,(H,25,28). The van der Waals surface area contributed by atoms with E-state index < -0.39 is 0 Å². The normalized spacial score (nSPS) is 13.8. The Balaban J connectivity index is 1.71. The summed E-state index contributed by atoms with van der Waals surface area (Å²) in [5, 5.41) is 12.2. The van der Waals surface area contributed by atoms with Gasteiger partial charge in [-0.25, -0.2) is 9.50 Å². The van der Waals surface area contributed by atoms with Crippen LogP contribution in [0.2, 0.25) is 0 Å². The molecule has 2 N–H and O–H groups in total. The summed E-state index contributed by atoms with van der Waals surface area (Å²) in [6, 6.07) is 8.33. The Bertz CT molecular complexity index is 1050. The molecule has 0 bridgehead atoms. The minimum Gasteiger partial charge on any atom is -0.382 e. The Kier molecular flexibility index (Phi) is 5.50. The van der Waals surface area contributed by atoms with Crippen LogP contribution in [0.1, 0.15) is 42.6 Å². The summed E-state index contributed by atoms with van der Waals surface area (Å²) < 4.78 is 1.90. The molecule has 29 heavy (non-hydrogen) atoms. The minimum atomic E-state index is 0.0117. The Labute approximate surface area is 175 Å². The van der Waals surface area contributed by atoms with Gasteiger partial charge in [-0.15, -0.1) is 11.8 Å². The van der Waals surface area contributed by atoms with Crippen LogP contribution in [0.25, 0.3) is 16.9 Å². The molecular weight excluding hydrogens is 382 g/mol. The van der Waals surface area contributed by atoms with Crippen LogP contribution in [0, 0.1) is 12.8 Å². The van der Waals surface area contributed by atoms with E-state index in [0.29, 0.717) is 12.0 Å². The number of carbonyl (C=O) groups is 1. The average Bonchev–Trinajstić information content (AvgIpc) is 3.40. The molecule has 1 fully saturated rings. The molecule has 2 heterocycles. The van der Waals surface area contributed by atoms with Gasteiger partial charge in [0.15, 0.2) is 5.65 Å². The molecular formula is C22H27N5OS. The van der Waals surface area contributed by atoms with Crippen LogP contribution in [-0.2, 0) is 0 Å². The summed E-state index contributed by atoms with van der Waals surface area (Å²) >= 11 is 1.61. The molecule has 2 aromatic heterocycles. The van der Waals surface area contributed by atoms with E-state index >= 15 is 0 Å². The van der Waals surface area contributed by atoms with Gasteiger partial charge in [0.2, 0.25) is 0 Å². The molecule has 1 amide bonds. The fourth-order valence-corrected chi connectivity index (χ4v) is 3.65. The van der Waals surface area contributed by atoms with Crippen LogP contribution in [0.4, 0.5) is 5.69 Å². The predicted molar refractivity (Wildman–Crippen MR) is 119 cm³/mol. The number of nitrogens with zero attached hydrogens (tertiary/aromatic N) is 3. The summed E-state index contributed by atoms with van der Waals surface area (Å²) in [5.74, 6) is 0.546. The minimum absolute atomic E-state index is 0.0117. The van der Waals surface area contributed by atoms with Crippen molar-refractivity contribution in [3.63, 3.8) is 0 Å². The molecule has 1 aromatic carbocycles. The van der Waals surface area contributed by atoms with Crippen molar-refractivity contribution >= 4 is 29.0 Å². The van der Waals surface area contributed by atoms with E-state index in [9.17, 15) is 4.79 Å². The highest BCUT2D eigenvalue weighted by atomic mass is 32.2. The van der Waals surface area contributed by atoms with E-state index in [1.165, 1.54) is 0 Å². The molecule has 1 aliphatic carbocycles. The average molecular weight is 410 g/mol. The highest BCUT2D eigenvalue weighted by Crippen LogP contribution is 2.28. The van der Waals surface area contributed by atoms with Crippen molar-refractivity contribution in [2.75, 3.05) is 18.1 Å². The van der Waals surface area contributed by atoms with Gasteiger partial charge < -0.3 is 10.6 Å². The molecule has 0 saturated heterocycles. The summed E-state index contributed by atoms with van der Waals surface area (Å²) in [6.07, 6.45) is 6.04. The third kappa shape index (κ3) is 4.24. The Morgan fingerprint density at radius 3 is 2.76 bits per heavy atom. The maximum absolute atomic E-state index is 12.4. The smallest absolute Gasteiger partial charge is 0.251 e. The lowest BCUT2D eigenvalue weighted by Gasteiger charge is -2.12. The van der Waals surface area contributed by atoms with Crippen molar-refractivity contribution in [3.8, 4) is 11.3 Å². The summed E-state index contributed by atoms with van der Waals surface area (Å²) in [7, 11) is 0. The van der Waals surface area contributed by atoms with Crippen molar-refractivity contribution in [2.24, 2.45) is 5.92 Å². The van der Waals surface area contributed by atoms with E-state index in [2.05, 4.69) is 35.5 Å². The number of imidazole rings is 1. The van der Waals surface area contributed by atoms with Gasteiger partial charge >= 0.3 is 0 Å². The largest absolute Gasteiger partial charge is 0.382 e. The molecule has 0 unspecified atom stereocenters. The quantitative estimate of drug-likeness (QED) is 0.567. The molecule has 0 radical (unpaired) electrons. The van der Waals surface area contributed by atoms with Crippen LogP contribution in [0.3, 0.4) is 0 Å². The first-order valence-electron chi connectivity index (χ1n) is 10.0. The highest BCUT2D eigenvalue weighted by Gasteiger charge is 2.24. The number of rotatable bonds is 7. The topological polar surface area (TPSA) is 71.3 Å². The van der Waals surface area contributed by atoms with Gasteiger partial charge in [-0.1, -0.05) is 19.9 Å². The van der Waals surface area contributed by atoms with Gasteiger partial charge in [-0.2, -0.15) is 5.10 Å². The molecule has 0 aliphatic heterocycles. The van der Waals surface area contributed by atoms with Gasteiger partial charge in [0, 0.05) is 23.7 Å². The first-order valence-corrected chi connectivity index (χ1v) is 11.3. The molecule has 6 nitrogen and oxygen atoms in total. The first kappa shape index (κ1) is 19.8. The van der Waals surface area contributed by atoms with Crippen LogP contribution in [-0.4, -0.2) is 39.3 Å². The van der Waals surface area contributed by atoms with Crippen molar-refractivity contribution in [1.29, 1.82) is 0 Å². The van der Waals surface area contributed by atoms with Crippen molar-refractivity contribution in [2.45, 2.75) is 44.7 Å². The maximum atomic E-state index is 12.4. The van der Waals surface area contributed by atoms with Gasteiger partial charge in [0.1, 0.15) is 5.03 Å². The molecule has 1 saturated carbocycles. The third-order valence-corrected chi connectivity index (χ3v) is 5.65. The predicted octanol–water partition coefficient (Wildman–Crippen LogP) is 4.39. The fourth-order valence-electron chi connectivity index (χ4n) is 3.26. The van der Waals surface area contributed by atoms with Crippen LogP contribution >= 0.6 is 11.8 Å². The molecule has 0 spiro atoms. The number of hydrogen-bond donors (Lipinski definition) is 2. The number of carbonyl (C=O) groups excluding carboxylic acids is 1. The van der Waals surface area contributed by atoms with E-state index in [1.54, 1.807) is 11.8 Å². The van der Waals surface area contributed by atoms with E-state index in [-0.39, 0.29) is 5.91 Å². The van der Waals surface area contributed by atoms with Gasteiger partial charge in [-0.05, 0) is 55.7 Å². The lowest BCUT2D eigenvalue weighted by Crippen LogP contribution is -2.26. The third-order valence-electron chi connectivity index (χ3n) is 5.03. The number of benzene rings is 1. The lowest BCUT2D eigenvalue weighted by molar-refractivity contribution is 0.0950. The first-order chi connectivity index (χ1) is 14.0. The highest BCUT2D eigenvalue weighted by molar-refractivity contribution is 7.98. The zero-order chi connectivity index (χ0) is 20.5. The molecule has 152 valence electrons. The zero-order valence-corrected chi connectivity index (χ0v) is 18.1. The number of thioether (sulfide) groups is 1. The summed E-state index contributed by atoms with van der Waals surface area (Å²) in [5.41, 5.74) is 5.40. The van der Waals surface area contributed by atoms with Crippen molar-refractivity contribution in [1.82, 2.24) is 19.9 Å². The van der Waals surface area contributed by atoms with Crippen molar-refractivity contribution in [3.05, 3.63) is 41.6 Å². The number of fused-ring (bicyclic) bond motifs is 1. The molecule has 1 aliphatic rings. The number of anilines is 1. The maximum Gasteiger partial charge on any atom is 0.251 e. The van der Waals surface area contributed by atoms with E-state index in [4.69, 9.17) is 5.10 Å². The van der Waals surface area contributed by atoms with E-state index in [1.807, 2.05) is 42.1 Å². The number of amides is 1. The molecule has 4 rings (SSSR count).